The molecular weight excluding hydrogens is 324 g/mol. The summed E-state index contributed by atoms with van der Waals surface area (Å²) in [6.07, 6.45) is 2.76. The lowest BCUT2D eigenvalue weighted by Gasteiger charge is -2.26. The molecule has 0 saturated carbocycles. The molecular formula is C23H30O3. The molecule has 0 radical (unpaired) electrons. The number of hydrogen-bond donors (Lipinski definition) is 0. The zero-order valence-corrected chi connectivity index (χ0v) is 16.3. The third-order valence-electron chi connectivity index (χ3n) is 4.73. The first-order chi connectivity index (χ1) is 12.5. The highest BCUT2D eigenvalue weighted by Crippen LogP contribution is 2.33. The highest BCUT2D eigenvalue weighted by molar-refractivity contribution is 5.41. The smallest absolute Gasteiger partial charge is 0.119 e. The van der Waals surface area contributed by atoms with Gasteiger partial charge < -0.3 is 14.2 Å². The fourth-order valence-electron chi connectivity index (χ4n) is 2.82. The Labute approximate surface area is 157 Å². The third kappa shape index (κ3) is 5.12. The second-order valence-corrected chi connectivity index (χ2v) is 6.84. The van der Waals surface area contributed by atoms with Crippen molar-refractivity contribution < 1.29 is 14.2 Å². The Balaban J connectivity index is 2.03. The lowest BCUT2D eigenvalue weighted by atomic mass is 9.78. The number of methoxy groups -OCH3 is 1. The van der Waals surface area contributed by atoms with Gasteiger partial charge in [0.2, 0.25) is 0 Å². The molecule has 2 aromatic carbocycles. The van der Waals surface area contributed by atoms with Crippen molar-refractivity contribution in [2.75, 3.05) is 20.3 Å². The normalized spacial score (nSPS) is 12.5. The molecule has 0 heterocycles. The van der Waals surface area contributed by atoms with E-state index >= 15 is 0 Å². The van der Waals surface area contributed by atoms with Crippen LogP contribution < -0.4 is 9.47 Å². The van der Waals surface area contributed by atoms with Gasteiger partial charge in [-0.25, -0.2) is 0 Å². The van der Waals surface area contributed by atoms with Crippen LogP contribution in [0, 0.1) is 0 Å². The van der Waals surface area contributed by atoms with Gasteiger partial charge in [-0.05, 0) is 41.8 Å². The predicted molar refractivity (Wildman–Crippen MR) is 107 cm³/mol. The average Bonchev–Trinajstić information content (AvgIpc) is 2.68. The summed E-state index contributed by atoms with van der Waals surface area (Å²) in [6.45, 7) is 11.3. The van der Waals surface area contributed by atoms with Crippen molar-refractivity contribution in [2.24, 2.45) is 0 Å². The van der Waals surface area contributed by atoms with Gasteiger partial charge in [0.05, 0.1) is 19.8 Å². The Morgan fingerprint density at radius 3 is 1.96 bits per heavy atom. The van der Waals surface area contributed by atoms with Crippen LogP contribution in [-0.4, -0.2) is 26.4 Å². The van der Waals surface area contributed by atoms with Gasteiger partial charge in [-0.2, -0.15) is 0 Å². The van der Waals surface area contributed by atoms with Crippen molar-refractivity contribution in [3.63, 3.8) is 0 Å². The number of ether oxygens (including phenoxy) is 3. The summed E-state index contributed by atoms with van der Waals surface area (Å²) in [6, 6.07) is 16.6. The molecule has 2 rings (SSSR count). The molecule has 0 aliphatic carbocycles. The van der Waals surface area contributed by atoms with E-state index in [0.717, 1.165) is 17.9 Å². The largest absolute Gasteiger partial charge is 0.497 e. The van der Waals surface area contributed by atoms with Crippen molar-refractivity contribution in [3.8, 4) is 11.5 Å². The van der Waals surface area contributed by atoms with Gasteiger partial charge in [-0.3, -0.25) is 0 Å². The Kier molecular flexibility index (Phi) is 7.28. The molecule has 0 N–H and O–H groups in total. The first-order valence-corrected chi connectivity index (χ1v) is 9.11. The second-order valence-electron chi connectivity index (χ2n) is 6.84. The Bertz CT molecular complexity index is 672. The SMILES string of the molecule is C=CCOC(CC)COc1ccc(C(C)(C)c2ccc(OC)cc2)cc1. The predicted octanol–water partition coefficient (Wildman–Crippen LogP) is 5.38. The van der Waals surface area contributed by atoms with Crippen LogP contribution in [0.3, 0.4) is 0 Å². The van der Waals surface area contributed by atoms with Gasteiger partial charge in [-0.15, -0.1) is 6.58 Å². The van der Waals surface area contributed by atoms with Crippen LogP contribution in [0.2, 0.25) is 0 Å². The van der Waals surface area contributed by atoms with E-state index in [9.17, 15) is 0 Å². The molecule has 26 heavy (non-hydrogen) atoms. The molecule has 3 heteroatoms. The molecule has 0 aliphatic heterocycles. The molecule has 0 aromatic heterocycles. The van der Waals surface area contributed by atoms with Crippen LogP contribution in [-0.2, 0) is 10.2 Å². The fraction of sp³-hybridized carbons (Fsp3) is 0.391. The van der Waals surface area contributed by atoms with E-state index in [0.29, 0.717) is 13.2 Å². The van der Waals surface area contributed by atoms with E-state index in [1.165, 1.54) is 11.1 Å². The molecule has 140 valence electrons. The highest BCUT2D eigenvalue weighted by atomic mass is 16.5. The van der Waals surface area contributed by atoms with Crippen LogP contribution in [0.1, 0.15) is 38.3 Å². The molecule has 0 fully saturated rings. The summed E-state index contributed by atoms with van der Waals surface area (Å²) in [5.74, 6) is 1.73. The van der Waals surface area contributed by atoms with Crippen LogP contribution in [0.25, 0.3) is 0 Å². The maximum Gasteiger partial charge on any atom is 0.119 e. The van der Waals surface area contributed by atoms with E-state index in [4.69, 9.17) is 14.2 Å². The summed E-state index contributed by atoms with van der Waals surface area (Å²) in [5, 5.41) is 0. The minimum Gasteiger partial charge on any atom is -0.497 e. The number of benzene rings is 2. The highest BCUT2D eigenvalue weighted by Gasteiger charge is 2.23. The monoisotopic (exact) mass is 354 g/mol. The summed E-state index contributed by atoms with van der Waals surface area (Å²) in [5.41, 5.74) is 2.39. The van der Waals surface area contributed by atoms with E-state index in [1.54, 1.807) is 13.2 Å². The van der Waals surface area contributed by atoms with Crippen molar-refractivity contribution >= 4 is 0 Å². The van der Waals surface area contributed by atoms with E-state index in [1.807, 2.05) is 24.3 Å². The molecule has 0 amide bonds. The van der Waals surface area contributed by atoms with E-state index in [-0.39, 0.29) is 11.5 Å². The topological polar surface area (TPSA) is 27.7 Å². The van der Waals surface area contributed by atoms with Gasteiger partial charge >= 0.3 is 0 Å². The first kappa shape index (κ1) is 20.1. The summed E-state index contributed by atoms with van der Waals surface area (Å²) >= 11 is 0. The minimum atomic E-state index is -0.0934. The van der Waals surface area contributed by atoms with Gasteiger partial charge in [-0.1, -0.05) is 51.1 Å². The van der Waals surface area contributed by atoms with Crippen molar-refractivity contribution in [1.29, 1.82) is 0 Å². The number of rotatable bonds is 10. The van der Waals surface area contributed by atoms with Crippen LogP contribution in [0.4, 0.5) is 0 Å². The minimum absolute atomic E-state index is 0.0865. The van der Waals surface area contributed by atoms with E-state index < -0.39 is 0 Å². The van der Waals surface area contributed by atoms with Crippen molar-refractivity contribution in [2.45, 2.75) is 38.7 Å². The summed E-state index contributed by atoms with van der Waals surface area (Å²) in [7, 11) is 1.68. The van der Waals surface area contributed by atoms with Crippen molar-refractivity contribution in [1.82, 2.24) is 0 Å². The summed E-state index contributed by atoms with van der Waals surface area (Å²) in [4.78, 5) is 0. The molecule has 0 aliphatic rings. The zero-order chi connectivity index (χ0) is 19.0. The molecule has 1 unspecified atom stereocenters. The maximum atomic E-state index is 5.88. The zero-order valence-electron chi connectivity index (χ0n) is 16.3. The van der Waals surface area contributed by atoms with Crippen LogP contribution in [0.5, 0.6) is 11.5 Å². The van der Waals surface area contributed by atoms with Gasteiger partial charge in [0.15, 0.2) is 0 Å². The fourth-order valence-corrected chi connectivity index (χ4v) is 2.82. The lowest BCUT2D eigenvalue weighted by molar-refractivity contribution is 0.0343. The van der Waals surface area contributed by atoms with Crippen molar-refractivity contribution in [3.05, 3.63) is 72.3 Å². The average molecular weight is 354 g/mol. The van der Waals surface area contributed by atoms with E-state index in [2.05, 4.69) is 51.6 Å². The van der Waals surface area contributed by atoms with Crippen LogP contribution in [0.15, 0.2) is 61.2 Å². The molecule has 1 atom stereocenters. The Morgan fingerprint density at radius 2 is 1.50 bits per heavy atom. The molecule has 0 bridgehead atoms. The first-order valence-electron chi connectivity index (χ1n) is 9.11. The van der Waals surface area contributed by atoms with Crippen LogP contribution >= 0.6 is 0 Å². The quantitative estimate of drug-likeness (QED) is 0.536. The molecule has 0 saturated heterocycles. The molecule has 2 aromatic rings. The maximum absolute atomic E-state index is 5.88. The third-order valence-corrected chi connectivity index (χ3v) is 4.73. The summed E-state index contributed by atoms with van der Waals surface area (Å²) < 4.78 is 16.8. The second kappa shape index (κ2) is 9.44. The molecule has 3 nitrogen and oxygen atoms in total. The lowest BCUT2D eigenvalue weighted by Crippen LogP contribution is -2.21. The number of hydrogen-bond acceptors (Lipinski definition) is 3. The Hall–Kier alpha value is -2.26. The van der Waals surface area contributed by atoms with Gasteiger partial charge in [0.1, 0.15) is 18.1 Å². The Morgan fingerprint density at radius 1 is 0.962 bits per heavy atom. The van der Waals surface area contributed by atoms with Gasteiger partial charge in [0.25, 0.3) is 0 Å². The standard InChI is InChI=1S/C23H30O3/c1-6-16-25-20(7-2)17-26-22-14-10-19(11-15-22)23(3,4)18-8-12-21(24-5)13-9-18/h6,8-15,20H,1,7,16-17H2,2-5H3. The van der Waals surface area contributed by atoms with Gasteiger partial charge in [0, 0.05) is 5.41 Å². The molecule has 0 spiro atoms.